The molecule has 19 heavy (non-hydrogen) atoms. The molecule has 1 nitrogen and oxygen atoms in total. The van der Waals surface area contributed by atoms with Gasteiger partial charge in [-0.2, -0.15) is 13.2 Å². The quantitative estimate of drug-likeness (QED) is 0.675. The van der Waals surface area contributed by atoms with Crippen molar-refractivity contribution in [3.63, 3.8) is 0 Å². The summed E-state index contributed by atoms with van der Waals surface area (Å²) < 4.78 is 38.0. The summed E-state index contributed by atoms with van der Waals surface area (Å²) >= 11 is 8.74. The summed E-state index contributed by atoms with van der Waals surface area (Å²) in [7, 11) is 0. The van der Waals surface area contributed by atoms with Gasteiger partial charge < -0.3 is 0 Å². The number of Topliss-reactive ketones (excluding diaryl/α,β-unsaturated/α-hetero) is 1. The maximum Gasteiger partial charge on any atom is 0.417 e. The summed E-state index contributed by atoms with van der Waals surface area (Å²) in [6.45, 7) is 1.88. The minimum Gasteiger partial charge on any atom is -0.298 e. The molecule has 0 radical (unpaired) electrons. The van der Waals surface area contributed by atoms with E-state index in [-0.39, 0.29) is 17.2 Å². The zero-order valence-corrected chi connectivity index (χ0v) is 12.6. The van der Waals surface area contributed by atoms with E-state index in [0.29, 0.717) is 12.0 Å². The van der Waals surface area contributed by atoms with Gasteiger partial charge in [0.15, 0.2) is 0 Å². The number of carbonyl (C=O) groups is 1. The molecular formula is C13H13BrClF3O. The lowest BCUT2D eigenvalue weighted by Crippen LogP contribution is -2.16. The van der Waals surface area contributed by atoms with Crippen LogP contribution in [-0.4, -0.2) is 10.6 Å². The van der Waals surface area contributed by atoms with Crippen molar-refractivity contribution in [2.45, 2.75) is 37.2 Å². The van der Waals surface area contributed by atoms with Gasteiger partial charge in [0, 0.05) is 6.42 Å². The second kappa shape index (κ2) is 6.75. The zero-order chi connectivity index (χ0) is 14.6. The van der Waals surface area contributed by atoms with Gasteiger partial charge in [0.05, 0.1) is 15.4 Å². The van der Waals surface area contributed by atoms with Gasteiger partial charge in [-0.05, 0) is 30.5 Å². The van der Waals surface area contributed by atoms with Gasteiger partial charge >= 0.3 is 6.18 Å². The highest BCUT2D eigenvalue weighted by Crippen LogP contribution is 2.35. The minimum atomic E-state index is -4.48. The third kappa shape index (κ3) is 4.80. The summed E-state index contributed by atoms with van der Waals surface area (Å²) in [5.41, 5.74) is -0.433. The van der Waals surface area contributed by atoms with Crippen molar-refractivity contribution in [3.8, 4) is 0 Å². The minimum absolute atomic E-state index is 0.00833. The highest BCUT2D eigenvalue weighted by atomic mass is 79.9. The van der Waals surface area contributed by atoms with Gasteiger partial charge in [-0.1, -0.05) is 40.5 Å². The third-order valence-electron chi connectivity index (χ3n) is 2.60. The highest BCUT2D eigenvalue weighted by molar-refractivity contribution is 9.10. The Kier molecular flexibility index (Phi) is 5.86. The summed E-state index contributed by atoms with van der Waals surface area (Å²) in [4.78, 5) is 11.1. The van der Waals surface area contributed by atoms with E-state index in [2.05, 4.69) is 15.9 Å². The summed E-state index contributed by atoms with van der Waals surface area (Å²) in [6, 6.07) is 3.71. The summed E-state index contributed by atoms with van der Waals surface area (Å²) in [5.74, 6) is -0.00833. The lowest BCUT2D eigenvalue weighted by Gasteiger charge is -2.13. The van der Waals surface area contributed by atoms with Crippen molar-refractivity contribution in [3.05, 3.63) is 34.3 Å². The lowest BCUT2D eigenvalue weighted by atomic mass is 10.0. The Bertz CT molecular complexity index is 460. The van der Waals surface area contributed by atoms with Crippen LogP contribution in [-0.2, 0) is 17.4 Å². The molecule has 0 amide bonds. The van der Waals surface area contributed by atoms with Crippen LogP contribution in [0.4, 0.5) is 13.2 Å². The van der Waals surface area contributed by atoms with Crippen LogP contribution in [0.3, 0.4) is 0 Å². The number of benzene rings is 1. The molecule has 106 valence electrons. The van der Waals surface area contributed by atoms with Crippen LogP contribution in [0.15, 0.2) is 18.2 Å². The Morgan fingerprint density at radius 1 is 1.42 bits per heavy atom. The van der Waals surface area contributed by atoms with Crippen LogP contribution in [0.1, 0.15) is 30.9 Å². The molecule has 1 aromatic rings. The first-order valence-corrected chi connectivity index (χ1v) is 7.07. The van der Waals surface area contributed by atoms with E-state index in [9.17, 15) is 18.0 Å². The smallest absolute Gasteiger partial charge is 0.298 e. The van der Waals surface area contributed by atoms with Crippen LogP contribution >= 0.6 is 27.5 Å². The molecule has 1 rings (SSSR count). The Balaban J connectivity index is 2.89. The topological polar surface area (TPSA) is 17.1 Å². The van der Waals surface area contributed by atoms with Crippen molar-refractivity contribution in [2.75, 3.05) is 0 Å². The third-order valence-corrected chi connectivity index (χ3v) is 3.76. The molecule has 1 unspecified atom stereocenters. The van der Waals surface area contributed by atoms with Crippen molar-refractivity contribution in [2.24, 2.45) is 0 Å². The van der Waals surface area contributed by atoms with E-state index >= 15 is 0 Å². The number of hydrogen-bond acceptors (Lipinski definition) is 1. The molecule has 0 saturated heterocycles. The molecule has 0 aliphatic heterocycles. The molecule has 0 spiro atoms. The SMILES string of the molecule is CCCC(=O)C(Br)Cc1ccc(Cl)c(C(F)(F)F)c1. The molecule has 0 bridgehead atoms. The second-order valence-electron chi connectivity index (χ2n) is 4.20. The molecule has 0 aliphatic rings. The van der Waals surface area contributed by atoms with E-state index in [1.54, 1.807) is 0 Å². The Labute approximate surface area is 123 Å². The molecule has 0 heterocycles. The molecule has 0 aliphatic carbocycles. The summed E-state index contributed by atoms with van der Waals surface area (Å²) in [6.07, 6.45) is -3.13. The Morgan fingerprint density at radius 3 is 2.58 bits per heavy atom. The standard InChI is InChI=1S/C13H13BrClF3O/c1-2-3-12(19)10(14)7-8-4-5-11(15)9(6-8)13(16,17)18/h4-6,10H,2-3,7H2,1H3. The molecule has 1 atom stereocenters. The summed E-state index contributed by atoms with van der Waals surface area (Å²) in [5, 5.41) is -0.331. The molecular weight excluding hydrogens is 344 g/mol. The molecule has 6 heteroatoms. The molecule has 0 N–H and O–H groups in total. The monoisotopic (exact) mass is 356 g/mol. The van der Waals surface area contributed by atoms with E-state index in [1.807, 2.05) is 6.92 Å². The first-order chi connectivity index (χ1) is 8.75. The fourth-order valence-electron chi connectivity index (χ4n) is 1.64. The molecule has 0 fully saturated rings. The molecule has 0 saturated carbocycles. The fraction of sp³-hybridized carbons (Fsp3) is 0.462. The van der Waals surface area contributed by atoms with Gasteiger partial charge in [-0.3, -0.25) is 4.79 Å². The van der Waals surface area contributed by atoms with Crippen molar-refractivity contribution in [1.29, 1.82) is 0 Å². The zero-order valence-electron chi connectivity index (χ0n) is 10.2. The largest absolute Gasteiger partial charge is 0.417 e. The van der Waals surface area contributed by atoms with Gasteiger partial charge in [-0.15, -0.1) is 0 Å². The Hall–Kier alpha value is -0.550. The lowest BCUT2D eigenvalue weighted by molar-refractivity contribution is -0.137. The number of carbonyl (C=O) groups excluding carboxylic acids is 1. The van der Waals surface area contributed by atoms with Crippen molar-refractivity contribution >= 4 is 33.3 Å². The van der Waals surface area contributed by atoms with E-state index < -0.39 is 16.6 Å². The van der Waals surface area contributed by atoms with Crippen molar-refractivity contribution in [1.82, 2.24) is 0 Å². The van der Waals surface area contributed by atoms with Crippen LogP contribution in [0.25, 0.3) is 0 Å². The second-order valence-corrected chi connectivity index (χ2v) is 5.71. The number of ketones is 1. The van der Waals surface area contributed by atoms with Gasteiger partial charge in [-0.25, -0.2) is 0 Å². The average Bonchev–Trinajstić information content (AvgIpc) is 2.30. The predicted molar refractivity (Wildman–Crippen MR) is 72.8 cm³/mol. The van der Waals surface area contributed by atoms with Crippen molar-refractivity contribution < 1.29 is 18.0 Å². The number of hydrogen-bond donors (Lipinski definition) is 0. The van der Waals surface area contributed by atoms with Crippen LogP contribution in [0.2, 0.25) is 5.02 Å². The van der Waals surface area contributed by atoms with E-state index in [1.165, 1.54) is 12.1 Å². The van der Waals surface area contributed by atoms with Crippen LogP contribution < -0.4 is 0 Å². The number of halogens is 5. The van der Waals surface area contributed by atoms with Gasteiger partial charge in [0.25, 0.3) is 0 Å². The Morgan fingerprint density at radius 2 is 2.05 bits per heavy atom. The normalized spacial score (nSPS) is 13.4. The molecule has 0 aromatic heterocycles. The maximum absolute atomic E-state index is 12.7. The van der Waals surface area contributed by atoms with E-state index in [4.69, 9.17) is 11.6 Å². The van der Waals surface area contributed by atoms with Gasteiger partial charge in [0.2, 0.25) is 0 Å². The fourth-order valence-corrected chi connectivity index (χ4v) is 2.47. The molecule has 1 aromatic carbocycles. The number of alkyl halides is 4. The van der Waals surface area contributed by atoms with Gasteiger partial charge in [0.1, 0.15) is 5.78 Å². The first kappa shape index (κ1) is 16.5. The number of rotatable bonds is 5. The highest BCUT2D eigenvalue weighted by Gasteiger charge is 2.33. The average molecular weight is 358 g/mol. The van der Waals surface area contributed by atoms with Crippen LogP contribution in [0.5, 0.6) is 0 Å². The van der Waals surface area contributed by atoms with Crippen LogP contribution in [0, 0.1) is 0 Å². The predicted octanol–water partition coefficient (Wildman–Crippen LogP) is 5.03. The maximum atomic E-state index is 12.7. The first-order valence-electron chi connectivity index (χ1n) is 5.78. The van der Waals surface area contributed by atoms with E-state index in [0.717, 1.165) is 12.5 Å².